The first kappa shape index (κ1) is 36.6. The number of fused-ring (bicyclic) bond motifs is 2. The van der Waals surface area contributed by atoms with Gasteiger partial charge in [0.25, 0.3) is 11.8 Å². The van der Waals surface area contributed by atoms with Gasteiger partial charge in [0.15, 0.2) is 0 Å². The lowest BCUT2D eigenvalue weighted by Crippen LogP contribution is -2.85. The molecule has 4 aromatic carbocycles. The van der Waals surface area contributed by atoms with Gasteiger partial charge in [-0.15, -0.1) is 10.0 Å². The number of amides is 4. The molecule has 0 radical (unpaired) electrons. The minimum atomic E-state index is -2.74. The number of carbonyl (C=O) groups is 4. The first-order valence-electron chi connectivity index (χ1n) is 17.8. The van der Waals surface area contributed by atoms with E-state index in [4.69, 9.17) is 28.4 Å². The SMILES string of the molecule is CCOC(=O)N1N2C(=O)C(c3ccccc3)(c3ccccc3)OC2(OCC)N(C(=O)OCC)N2C(=O)C(c3ccccc3)(c3ccccc3)OC12OCC. The van der Waals surface area contributed by atoms with Gasteiger partial charge in [0.1, 0.15) is 0 Å². The Labute approximate surface area is 312 Å². The molecule has 54 heavy (non-hydrogen) atoms. The molecule has 14 heteroatoms. The molecule has 2 atom stereocenters. The van der Waals surface area contributed by atoms with Gasteiger partial charge in [-0.3, -0.25) is 19.1 Å². The Balaban J connectivity index is 1.61. The van der Waals surface area contributed by atoms with Gasteiger partial charge in [0.2, 0.25) is 11.2 Å². The number of carbonyl (C=O) groups excluding carboxylic acids is 4. The summed E-state index contributed by atoms with van der Waals surface area (Å²) in [7, 11) is 0. The van der Waals surface area contributed by atoms with Crippen LogP contribution in [0, 0.1) is 0 Å². The summed E-state index contributed by atoms with van der Waals surface area (Å²) in [6.07, 6.45) is -2.36. The summed E-state index contributed by atoms with van der Waals surface area (Å²) in [5, 5.41) is 3.06. The van der Waals surface area contributed by atoms with Crippen LogP contribution < -0.4 is 0 Å². The highest BCUT2D eigenvalue weighted by atomic mass is 16.8. The molecule has 0 N–H and O–H groups in total. The summed E-state index contributed by atoms with van der Waals surface area (Å²) in [6.45, 7) is 5.63. The van der Waals surface area contributed by atoms with Crippen LogP contribution in [0.4, 0.5) is 9.59 Å². The number of benzene rings is 4. The van der Waals surface area contributed by atoms with Gasteiger partial charge in [-0.25, -0.2) is 9.59 Å². The van der Waals surface area contributed by atoms with Crippen molar-refractivity contribution in [2.24, 2.45) is 0 Å². The molecule has 3 aliphatic heterocycles. The minimum absolute atomic E-state index is 0.164. The van der Waals surface area contributed by atoms with Gasteiger partial charge < -0.3 is 18.9 Å². The Morgan fingerprint density at radius 3 is 1.00 bits per heavy atom. The van der Waals surface area contributed by atoms with Gasteiger partial charge in [0, 0.05) is 0 Å². The van der Waals surface area contributed by atoms with E-state index in [0.29, 0.717) is 22.3 Å². The van der Waals surface area contributed by atoms with Crippen LogP contribution in [-0.2, 0) is 49.2 Å². The van der Waals surface area contributed by atoms with Gasteiger partial charge >= 0.3 is 24.3 Å². The number of hydrogen-bond donors (Lipinski definition) is 0. The third-order valence-electron chi connectivity index (χ3n) is 9.30. The normalized spacial score (nSPS) is 22.5. The van der Waals surface area contributed by atoms with Crippen molar-refractivity contribution >= 4 is 24.0 Å². The van der Waals surface area contributed by atoms with E-state index in [2.05, 4.69) is 0 Å². The summed E-state index contributed by atoms with van der Waals surface area (Å²) in [5.41, 5.74) is -2.91. The smallest absolute Gasteiger partial charge is 0.435 e. The minimum Gasteiger partial charge on any atom is -0.448 e. The van der Waals surface area contributed by atoms with Gasteiger partial charge in [0.05, 0.1) is 26.4 Å². The quantitative estimate of drug-likeness (QED) is 0.201. The molecular weight excluding hydrogens is 696 g/mol. The Bertz CT molecular complexity index is 1780. The molecule has 0 aliphatic carbocycles. The number of rotatable bonds is 10. The zero-order valence-electron chi connectivity index (χ0n) is 30.2. The topological polar surface area (TPSA) is 137 Å². The fourth-order valence-corrected chi connectivity index (χ4v) is 7.28. The third kappa shape index (κ3) is 5.09. The molecule has 0 aromatic heterocycles. The van der Waals surface area contributed by atoms with Gasteiger partial charge in [-0.2, -0.15) is 10.0 Å². The number of hydrogen-bond acceptors (Lipinski definition) is 10. The monoisotopic (exact) mass is 736 g/mol. The van der Waals surface area contributed by atoms with Crippen LogP contribution in [0.3, 0.4) is 0 Å². The Hall–Kier alpha value is -5.80. The van der Waals surface area contributed by atoms with E-state index in [1.165, 1.54) is 0 Å². The summed E-state index contributed by atoms with van der Waals surface area (Å²) in [4.78, 5) is 61.0. The summed E-state index contributed by atoms with van der Waals surface area (Å²) in [6, 6.07) is 28.7. The van der Waals surface area contributed by atoms with Crippen LogP contribution >= 0.6 is 0 Å². The van der Waals surface area contributed by atoms with E-state index in [1.807, 2.05) is 0 Å². The number of hydrazine groups is 2. The van der Waals surface area contributed by atoms with E-state index in [0.717, 1.165) is 20.0 Å². The van der Waals surface area contributed by atoms with E-state index in [-0.39, 0.29) is 26.4 Å². The molecule has 7 rings (SSSR count). The molecule has 14 nitrogen and oxygen atoms in total. The van der Waals surface area contributed by atoms with E-state index < -0.39 is 47.3 Å². The molecule has 4 amide bonds. The lowest BCUT2D eigenvalue weighted by molar-refractivity contribution is -0.529. The Kier molecular flexibility index (Phi) is 9.62. The van der Waals surface area contributed by atoms with Crippen LogP contribution in [-0.4, -0.2) is 82.5 Å². The fourth-order valence-electron chi connectivity index (χ4n) is 7.28. The van der Waals surface area contributed by atoms with Crippen molar-refractivity contribution in [2.45, 2.75) is 51.0 Å². The lowest BCUT2D eigenvalue weighted by Gasteiger charge is -2.57. The van der Waals surface area contributed by atoms with E-state index in [1.54, 1.807) is 149 Å². The average Bonchev–Trinajstić information content (AvgIpc) is 3.61. The molecule has 0 spiro atoms. The van der Waals surface area contributed by atoms with Crippen molar-refractivity contribution in [3.8, 4) is 0 Å². The average molecular weight is 737 g/mol. The Morgan fingerprint density at radius 2 is 0.759 bits per heavy atom. The maximum Gasteiger partial charge on any atom is 0.435 e. The van der Waals surface area contributed by atoms with Crippen molar-refractivity contribution < 1.29 is 47.6 Å². The first-order valence-corrected chi connectivity index (χ1v) is 17.8. The maximum atomic E-state index is 15.8. The van der Waals surface area contributed by atoms with Gasteiger partial charge in [-0.1, -0.05) is 121 Å². The highest BCUT2D eigenvalue weighted by Crippen LogP contribution is 2.59. The Morgan fingerprint density at radius 1 is 0.481 bits per heavy atom. The summed E-state index contributed by atoms with van der Waals surface area (Å²) < 4.78 is 38.1. The van der Waals surface area contributed by atoms with Crippen LogP contribution in [0.15, 0.2) is 121 Å². The van der Waals surface area contributed by atoms with Crippen LogP contribution in [0.1, 0.15) is 49.9 Å². The second-order valence-corrected chi connectivity index (χ2v) is 12.2. The van der Waals surface area contributed by atoms with Crippen LogP contribution in [0.25, 0.3) is 0 Å². The molecule has 0 bridgehead atoms. The van der Waals surface area contributed by atoms with Crippen LogP contribution in [0.5, 0.6) is 0 Å². The van der Waals surface area contributed by atoms with Gasteiger partial charge in [-0.05, 0) is 49.9 Å². The van der Waals surface area contributed by atoms with Crippen molar-refractivity contribution in [1.82, 2.24) is 20.0 Å². The molecule has 3 aliphatic rings. The number of nitrogens with zero attached hydrogens (tertiary/aromatic N) is 4. The zero-order valence-corrected chi connectivity index (χ0v) is 30.2. The molecule has 3 saturated heterocycles. The van der Waals surface area contributed by atoms with Crippen LogP contribution in [0.2, 0.25) is 0 Å². The fraction of sp³-hybridized carbons (Fsp3) is 0.300. The van der Waals surface area contributed by atoms with Crippen molar-refractivity contribution in [2.75, 3.05) is 26.4 Å². The highest BCUT2D eigenvalue weighted by molar-refractivity contribution is 5.97. The van der Waals surface area contributed by atoms with Crippen molar-refractivity contribution in [1.29, 1.82) is 0 Å². The predicted octanol–water partition coefficient (Wildman–Crippen LogP) is 5.65. The zero-order chi connectivity index (χ0) is 38.1. The molecule has 0 saturated carbocycles. The highest BCUT2D eigenvalue weighted by Gasteiger charge is 2.84. The second-order valence-electron chi connectivity index (χ2n) is 12.2. The largest absolute Gasteiger partial charge is 0.448 e. The lowest BCUT2D eigenvalue weighted by atomic mass is 9.85. The van der Waals surface area contributed by atoms with E-state index >= 15 is 9.59 Å². The van der Waals surface area contributed by atoms with Crippen molar-refractivity contribution in [3.63, 3.8) is 0 Å². The standard InChI is InChI=1S/C40H40N4O10/c1-5-49-35(47)43-39(51-7-3)42(34(46)38(53-39,31-25-17-11-18-26-31)32-27-19-12-20-28-32)44(36(48)50-6-2)40(52-8-4)41(43)33(45)37(54-40,29-21-13-9-14-22-29)30-23-15-10-16-24-30/h9-28H,5-8H2,1-4H3. The van der Waals surface area contributed by atoms with Crippen molar-refractivity contribution in [3.05, 3.63) is 144 Å². The first-order chi connectivity index (χ1) is 26.2. The molecule has 3 heterocycles. The third-order valence-corrected chi connectivity index (χ3v) is 9.30. The maximum absolute atomic E-state index is 15.8. The molecule has 3 fully saturated rings. The summed E-state index contributed by atoms with van der Waals surface area (Å²) in [5.74, 6) is -1.80. The van der Waals surface area contributed by atoms with E-state index in [9.17, 15) is 9.59 Å². The molecular formula is C40H40N4O10. The summed E-state index contributed by atoms with van der Waals surface area (Å²) >= 11 is 0. The number of ether oxygens (including phenoxy) is 6. The second kappa shape index (κ2) is 14.2. The molecule has 280 valence electrons. The predicted molar refractivity (Wildman–Crippen MR) is 190 cm³/mol. The molecule has 2 unspecified atom stereocenters. The molecule has 4 aromatic rings.